The number of hydrogen-bond acceptors (Lipinski definition) is 2. The van der Waals surface area contributed by atoms with E-state index in [-0.39, 0.29) is 0 Å². The summed E-state index contributed by atoms with van der Waals surface area (Å²) in [4.78, 5) is 0. The molecule has 54 valence electrons. The van der Waals surface area contributed by atoms with Gasteiger partial charge in [-0.15, -0.1) is 0 Å². The molecule has 3 rings (SSSR count). The third-order valence-electron chi connectivity index (χ3n) is 2.59. The zero-order chi connectivity index (χ0) is 6.55. The summed E-state index contributed by atoms with van der Waals surface area (Å²) in [6.45, 7) is 0.993. The maximum atomic E-state index is 5.26. The lowest BCUT2D eigenvalue weighted by atomic mass is 9.92. The molecule has 0 radical (unpaired) electrons. The number of hydrogen-bond donors (Lipinski definition) is 0. The zero-order valence-corrected chi connectivity index (χ0v) is 5.80. The van der Waals surface area contributed by atoms with E-state index >= 15 is 0 Å². The summed E-state index contributed by atoms with van der Waals surface area (Å²) >= 11 is 0. The largest absolute Gasteiger partial charge is 0.459 e. The van der Waals surface area contributed by atoms with Gasteiger partial charge in [-0.25, -0.2) is 0 Å². The average Bonchev–Trinajstić information content (AvgIpc) is 2.83. The van der Waals surface area contributed by atoms with Crippen LogP contribution in [0.1, 0.15) is 19.3 Å². The van der Waals surface area contributed by atoms with Crippen LogP contribution in [-0.4, -0.2) is 12.7 Å². The molecule has 0 aromatic heterocycles. The topological polar surface area (TPSA) is 25.1 Å². The van der Waals surface area contributed by atoms with Gasteiger partial charge in [-0.05, 0) is 12.3 Å². The van der Waals surface area contributed by atoms with Crippen LogP contribution in [0.3, 0.4) is 0 Å². The van der Waals surface area contributed by atoms with Gasteiger partial charge in [-0.3, -0.25) is 0 Å². The molecule has 3 aliphatic rings. The molecule has 2 atom stereocenters. The first kappa shape index (κ1) is 5.19. The Hall–Kier alpha value is -0.500. The highest BCUT2D eigenvalue weighted by atomic mass is 16.6. The molecule has 0 bridgehead atoms. The minimum Gasteiger partial charge on any atom is -0.459 e. The Morgan fingerprint density at radius 2 is 2.20 bits per heavy atom. The summed E-state index contributed by atoms with van der Waals surface area (Å²) < 4.78 is 10.5. The maximum absolute atomic E-state index is 5.26. The molecule has 2 nitrogen and oxygen atoms in total. The molecule has 0 aromatic rings. The maximum Gasteiger partial charge on any atom is 0.142 e. The molecule has 2 heteroatoms. The smallest absolute Gasteiger partial charge is 0.142 e. The van der Waals surface area contributed by atoms with Crippen molar-refractivity contribution in [1.29, 1.82) is 0 Å². The van der Waals surface area contributed by atoms with Crippen LogP contribution in [0.5, 0.6) is 0 Å². The molecule has 2 aliphatic heterocycles. The first-order valence-electron chi connectivity index (χ1n) is 3.95. The quantitative estimate of drug-likeness (QED) is 0.512. The predicted molar refractivity (Wildman–Crippen MR) is 35.2 cm³/mol. The van der Waals surface area contributed by atoms with Gasteiger partial charge in [-0.2, -0.15) is 0 Å². The van der Waals surface area contributed by atoms with Crippen molar-refractivity contribution >= 4 is 0 Å². The second-order valence-electron chi connectivity index (χ2n) is 3.32. The zero-order valence-electron chi connectivity index (χ0n) is 5.80. The number of ether oxygens (including phenoxy) is 2. The monoisotopic (exact) mass is 138 g/mol. The SMILES string of the molecule is C1CC(C2CO2)CC2=C1O2. The van der Waals surface area contributed by atoms with Crippen LogP contribution in [0.25, 0.3) is 0 Å². The van der Waals surface area contributed by atoms with E-state index < -0.39 is 0 Å². The van der Waals surface area contributed by atoms with Gasteiger partial charge >= 0.3 is 0 Å². The van der Waals surface area contributed by atoms with Crippen LogP contribution in [-0.2, 0) is 9.47 Å². The van der Waals surface area contributed by atoms with E-state index in [0.717, 1.165) is 18.9 Å². The Morgan fingerprint density at radius 3 is 2.90 bits per heavy atom. The van der Waals surface area contributed by atoms with Crippen molar-refractivity contribution in [2.75, 3.05) is 6.61 Å². The summed E-state index contributed by atoms with van der Waals surface area (Å²) in [5.74, 6) is 3.32. The Bertz CT molecular complexity index is 203. The van der Waals surface area contributed by atoms with Crippen LogP contribution in [0.4, 0.5) is 0 Å². The molecule has 0 amide bonds. The highest BCUT2D eigenvalue weighted by Gasteiger charge is 2.41. The average molecular weight is 138 g/mol. The Morgan fingerprint density at radius 1 is 1.30 bits per heavy atom. The molecule has 0 saturated carbocycles. The van der Waals surface area contributed by atoms with Gasteiger partial charge in [0.25, 0.3) is 0 Å². The molecule has 1 saturated heterocycles. The van der Waals surface area contributed by atoms with Crippen molar-refractivity contribution in [1.82, 2.24) is 0 Å². The van der Waals surface area contributed by atoms with Gasteiger partial charge in [-0.1, -0.05) is 0 Å². The summed E-state index contributed by atoms with van der Waals surface area (Å²) in [6.07, 6.45) is 4.18. The summed E-state index contributed by atoms with van der Waals surface area (Å²) in [5.41, 5.74) is 0. The van der Waals surface area contributed by atoms with Gasteiger partial charge in [0.2, 0.25) is 0 Å². The summed E-state index contributed by atoms with van der Waals surface area (Å²) in [5, 5.41) is 0. The molecule has 0 aromatic carbocycles. The lowest BCUT2D eigenvalue weighted by Crippen LogP contribution is -2.09. The summed E-state index contributed by atoms with van der Waals surface area (Å²) in [7, 11) is 0. The minimum absolute atomic E-state index is 0.582. The van der Waals surface area contributed by atoms with E-state index in [9.17, 15) is 0 Å². The van der Waals surface area contributed by atoms with Gasteiger partial charge in [0.05, 0.1) is 12.7 Å². The number of rotatable bonds is 1. The first-order valence-corrected chi connectivity index (χ1v) is 3.95. The van der Waals surface area contributed by atoms with Crippen molar-refractivity contribution in [3.8, 4) is 0 Å². The Labute approximate surface area is 59.8 Å². The van der Waals surface area contributed by atoms with E-state index in [2.05, 4.69) is 0 Å². The second kappa shape index (κ2) is 1.56. The van der Waals surface area contributed by atoms with Crippen molar-refractivity contribution in [2.45, 2.75) is 25.4 Å². The van der Waals surface area contributed by atoms with Gasteiger partial charge in [0, 0.05) is 12.8 Å². The highest BCUT2D eigenvalue weighted by Crippen LogP contribution is 2.45. The van der Waals surface area contributed by atoms with Crippen LogP contribution < -0.4 is 0 Å². The van der Waals surface area contributed by atoms with E-state index in [4.69, 9.17) is 9.47 Å². The fourth-order valence-corrected chi connectivity index (χ4v) is 1.77. The van der Waals surface area contributed by atoms with Crippen molar-refractivity contribution in [3.05, 3.63) is 11.5 Å². The molecule has 10 heavy (non-hydrogen) atoms. The minimum atomic E-state index is 0.582. The lowest BCUT2D eigenvalue weighted by molar-refractivity contribution is 0.310. The van der Waals surface area contributed by atoms with Crippen LogP contribution in [0.2, 0.25) is 0 Å². The van der Waals surface area contributed by atoms with Crippen molar-refractivity contribution in [2.24, 2.45) is 5.92 Å². The van der Waals surface area contributed by atoms with Gasteiger partial charge in [0.1, 0.15) is 11.5 Å². The second-order valence-corrected chi connectivity index (χ2v) is 3.32. The molecule has 2 unspecified atom stereocenters. The molecule has 1 fully saturated rings. The number of allylic oxidation sites excluding steroid dienone is 2. The molecule has 2 heterocycles. The Kier molecular flexibility index (Phi) is 0.810. The van der Waals surface area contributed by atoms with Crippen LogP contribution in [0, 0.1) is 5.92 Å². The van der Waals surface area contributed by atoms with E-state index in [1.54, 1.807) is 0 Å². The van der Waals surface area contributed by atoms with Gasteiger partial charge in [0.15, 0.2) is 0 Å². The molecular weight excluding hydrogens is 128 g/mol. The lowest BCUT2D eigenvalue weighted by Gasteiger charge is -2.09. The van der Waals surface area contributed by atoms with E-state index in [0.29, 0.717) is 6.10 Å². The first-order chi connectivity index (χ1) is 4.93. The predicted octanol–water partition coefficient (Wildman–Crippen LogP) is 1.43. The standard InChI is InChI=1S/C8H10O2/c1-2-6-7(10-6)3-5(1)8-4-9-8/h5,8H,1-4H2. The van der Waals surface area contributed by atoms with Crippen molar-refractivity contribution < 1.29 is 9.47 Å². The summed E-state index contributed by atoms with van der Waals surface area (Å²) in [6, 6.07) is 0. The fraction of sp³-hybridized carbons (Fsp3) is 0.750. The van der Waals surface area contributed by atoms with Crippen LogP contribution in [0.15, 0.2) is 11.5 Å². The third kappa shape index (κ3) is 0.686. The van der Waals surface area contributed by atoms with Gasteiger partial charge < -0.3 is 9.47 Å². The highest BCUT2D eigenvalue weighted by molar-refractivity contribution is 5.21. The molecule has 1 aliphatic carbocycles. The number of epoxide rings is 1. The van der Waals surface area contributed by atoms with Crippen LogP contribution >= 0.6 is 0 Å². The van der Waals surface area contributed by atoms with Crippen molar-refractivity contribution in [3.63, 3.8) is 0 Å². The van der Waals surface area contributed by atoms with E-state index in [1.807, 2.05) is 0 Å². The molecule has 0 N–H and O–H groups in total. The molecular formula is C8H10O2. The van der Waals surface area contributed by atoms with E-state index in [1.165, 1.54) is 24.4 Å². The normalized spacial score (nSPS) is 42.4. The molecule has 0 spiro atoms. The fourth-order valence-electron chi connectivity index (χ4n) is 1.77. The third-order valence-corrected chi connectivity index (χ3v) is 2.59. The Balaban J connectivity index is 1.73.